The van der Waals surface area contributed by atoms with Gasteiger partial charge < -0.3 is 0 Å². The Hall–Kier alpha value is -1.18. The topological polar surface area (TPSA) is 30.0 Å². The molecule has 0 radical (unpaired) electrons. The van der Waals surface area contributed by atoms with Crippen molar-refractivity contribution in [1.82, 2.24) is 4.98 Å². The third kappa shape index (κ3) is 1.70. The fourth-order valence-electron chi connectivity index (χ4n) is 3.61. The molecule has 0 bridgehead atoms. The Balaban J connectivity index is 1.88. The lowest BCUT2D eigenvalue weighted by Gasteiger charge is -2.45. The van der Waals surface area contributed by atoms with Crippen LogP contribution >= 0.6 is 0 Å². The maximum atomic E-state index is 12.7. The minimum absolute atomic E-state index is 0.0369. The van der Waals surface area contributed by atoms with Gasteiger partial charge in [0.05, 0.1) is 0 Å². The van der Waals surface area contributed by atoms with Crippen LogP contribution in [-0.4, -0.2) is 10.8 Å². The molecule has 0 spiro atoms. The van der Waals surface area contributed by atoms with Crippen molar-refractivity contribution in [2.24, 2.45) is 11.3 Å². The molecule has 2 saturated carbocycles. The van der Waals surface area contributed by atoms with Gasteiger partial charge in [-0.1, -0.05) is 25.3 Å². The number of Topliss-reactive ketones (excluding diaryl/α,β-unsaturated/α-hetero) is 1. The average molecular weight is 229 g/mol. The highest BCUT2D eigenvalue weighted by atomic mass is 16.1. The number of carbonyl (C=O) groups is 1. The zero-order chi connectivity index (χ0) is 11.7. The van der Waals surface area contributed by atoms with E-state index in [1.54, 1.807) is 6.20 Å². The summed E-state index contributed by atoms with van der Waals surface area (Å²) in [5.74, 6) is 0.946. The molecule has 2 aliphatic carbocycles. The summed E-state index contributed by atoms with van der Waals surface area (Å²) >= 11 is 0. The number of carbonyl (C=O) groups excluding carboxylic acids is 1. The number of hydrogen-bond acceptors (Lipinski definition) is 2. The van der Waals surface area contributed by atoms with E-state index in [9.17, 15) is 4.79 Å². The molecule has 1 aromatic heterocycles. The Morgan fingerprint density at radius 3 is 2.47 bits per heavy atom. The van der Waals surface area contributed by atoms with E-state index in [-0.39, 0.29) is 5.41 Å². The Kier molecular flexibility index (Phi) is 2.73. The van der Waals surface area contributed by atoms with E-state index >= 15 is 0 Å². The first-order valence-electron chi connectivity index (χ1n) is 6.79. The monoisotopic (exact) mass is 229 g/mol. The van der Waals surface area contributed by atoms with E-state index in [1.165, 1.54) is 32.1 Å². The van der Waals surface area contributed by atoms with Gasteiger partial charge in [-0.05, 0) is 43.7 Å². The second-order valence-electron chi connectivity index (χ2n) is 5.54. The van der Waals surface area contributed by atoms with Crippen molar-refractivity contribution < 1.29 is 4.79 Å². The van der Waals surface area contributed by atoms with Gasteiger partial charge in [0.15, 0.2) is 5.78 Å². The molecule has 3 rings (SSSR count). The Labute approximate surface area is 102 Å². The largest absolute Gasteiger partial charge is 0.292 e. The first-order chi connectivity index (χ1) is 8.33. The maximum absolute atomic E-state index is 12.7. The van der Waals surface area contributed by atoms with Crippen molar-refractivity contribution in [3.05, 3.63) is 30.1 Å². The highest BCUT2D eigenvalue weighted by Gasteiger charge is 2.50. The molecule has 0 N–H and O–H groups in total. The summed E-state index contributed by atoms with van der Waals surface area (Å²) in [5, 5.41) is 0. The lowest BCUT2D eigenvalue weighted by atomic mass is 9.57. The van der Waals surface area contributed by atoms with E-state index < -0.39 is 0 Å². The number of nitrogens with zero attached hydrogens (tertiary/aromatic N) is 1. The van der Waals surface area contributed by atoms with Gasteiger partial charge in [-0.25, -0.2) is 0 Å². The molecule has 0 amide bonds. The quantitative estimate of drug-likeness (QED) is 0.741. The summed E-state index contributed by atoms with van der Waals surface area (Å²) in [6.07, 6.45) is 10.2. The van der Waals surface area contributed by atoms with Crippen molar-refractivity contribution in [1.29, 1.82) is 0 Å². The van der Waals surface area contributed by atoms with Crippen LogP contribution in [0.3, 0.4) is 0 Å². The van der Waals surface area contributed by atoms with Gasteiger partial charge in [-0.2, -0.15) is 0 Å². The van der Waals surface area contributed by atoms with Crippen molar-refractivity contribution in [3.8, 4) is 0 Å². The third-order valence-corrected chi connectivity index (χ3v) is 4.73. The predicted octanol–water partition coefficient (Wildman–Crippen LogP) is 3.62. The molecule has 1 aromatic rings. The smallest absolute Gasteiger partial charge is 0.187 e. The normalized spacial score (nSPS) is 23.3. The summed E-state index contributed by atoms with van der Waals surface area (Å²) in [6, 6.07) is 5.67. The molecule has 2 heteroatoms. The number of pyridine rings is 1. The van der Waals surface area contributed by atoms with Gasteiger partial charge in [-0.3, -0.25) is 9.78 Å². The summed E-state index contributed by atoms with van der Waals surface area (Å²) in [6.45, 7) is 0. The summed E-state index contributed by atoms with van der Waals surface area (Å²) < 4.78 is 0. The Morgan fingerprint density at radius 1 is 1.18 bits per heavy atom. The Morgan fingerprint density at radius 2 is 1.94 bits per heavy atom. The SMILES string of the molecule is O=C(c1ccccn1)C1(C2CCCC2)CCC1. The molecule has 0 aliphatic heterocycles. The van der Waals surface area contributed by atoms with Crippen LogP contribution in [0.25, 0.3) is 0 Å². The van der Waals surface area contributed by atoms with E-state index in [0.29, 0.717) is 17.4 Å². The van der Waals surface area contributed by atoms with Crippen LogP contribution in [0, 0.1) is 11.3 Å². The summed E-state index contributed by atoms with van der Waals surface area (Å²) in [5.41, 5.74) is 0.643. The summed E-state index contributed by atoms with van der Waals surface area (Å²) in [7, 11) is 0. The number of aromatic nitrogens is 1. The average Bonchev–Trinajstić information content (AvgIpc) is 2.83. The van der Waals surface area contributed by atoms with Crippen LogP contribution < -0.4 is 0 Å². The Bertz CT molecular complexity index is 402. The van der Waals surface area contributed by atoms with Crippen LogP contribution in [0.2, 0.25) is 0 Å². The second kappa shape index (κ2) is 4.25. The molecule has 1 heterocycles. The predicted molar refractivity (Wildman–Crippen MR) is 66.8 cm³/mol. The highest BCUT2D eigenvalue weighted by Crippen LogP contribution is 2.54. The molecule has 0 saturated heterocycles. The van der Waals surface area contributed by atoms with Crippen LogP contribution in [0.4, 0.5) is 0 Å². The molecule has 0 unspecified atom stereocenters. The van der Waals surface area contributed by atoms with Crippen LogP contribution in [-0.2, 0) is 0 Å². The van der Waals surface area contributed by atoms with Crippen molar-refractivity contribution in [3.63, 3.8) is 0 Å². The molecular formula is C15H19NO. The molecule has 2 fully saturated rings. The minimum atomic E-state index is -0.0369. The molecule has 90 valence electrons. The van der Waals surface area contributed by atoms with E-state index in [2.05, 4.69) is 4.98 Å². The van der Waals surface area contributed by atoms with E-state index in [4.69, 9.17) is 0 Å². The van der Waals surface area contributed by atoms with Gasteiger partial charge in [0.1, 0.15) is 5.69 Å². The van der Waals surface area contributed by atoms with Gasteiger partial charge >= 0.3 is 0 Å². The fraction of sp³-hybridized carbons (Fsp3) is 0.600. The van der Waals surface area contributed by atoms with Crippen LogP contribution in [0.1, 0.15) is 55.4 Å². The van der Waals surface area contributed by atoms with Gasteiger partial charge in [0, 0.05) is 11.6 Å². The van der Waals surface area contributed by atoms with Crippen molar-refractivity contribution in [2.45, 2.75) is 44.9 Å². The molecule has 2 aliphatic rings. The second-order valence-corrected chi connectivity index (χ2v) is 5.54. The molecule has 2 nitrogen and oxygen atoms in total. The zero-order valence-corrected chi connectivity index (χ0v) is 10.2. The standard InChI is InChI=1S/C15H19NO/c17-14(13-8-3-4-11-16-13)15(9-5-10-15)12-6-1-2-7-12/h3-4,8,11-12H,1-2,5-7,9-10H2. The molecular weight excluding hydrogens is 210 g/mol. The first-order valence-corrected chi connectivity index (χ1v) is 6.79. The number of rotatable bonds is 3. The number of ketones is 1. The zero-order valence-electron chi connectivity index (χ0n) is 10.2. The van der Waals surface area contributed by atoms with Crippen LogP contribution in [0.5, 0.6) is 0 Å². The molecule has 17 heavy (non-hydrogen) atoms. The maximum Gasteiger partial charge on any atom is 0.187 e. The molecule has 0 aromatic carbocycles. The first kappa shape index (κ1) is 10.9. The third-order valence-electron chi connectivity index (χ3n) is 4.73. The fourth-order valence-corrected chi connectivity index (χ4v) is 3.61. The van der Waals surface area contributed by atoms with Crippen molar-refractivity contribution >= 4 is 5.78 Å². The van der Waals surface area contributed by atoms with E-state index in [1.807, 2.05) is 18.2 Å². The lowest BCUT2D eigenvalue weighted by Crippen LogP contribution is -2.44. The van der Waals surface area contributed by atoms with Gasteiger partial charge in [-0.15, -0.1) is 0 Å². The summed E-state index contributed by atoms with van der Waals surface area (Å²) in [4.78, 5) is 16.9. The van der Waals surface area contributed by atoms with Crippen molar-refractivity contribution in [2.75, 3.05) is 0 Å². The minimum Gasteiger partial charge on any atom is -0.292 e. The van der Waals surface area contributed by atoms with Gasteiger partial charge in [0.25, 0.3) is 0 Å². The highest BCUT2D eigenvalue weighted by molar-refractivity contribution is 5.99. The van der Waals surface area contributed by atoms with Gasteiger partial charge in [0.2, 0.25) is 0 Å². The van der Waals surface area contributed by atoms with E-state index in [0.717, 1.165) is 12.8 Å². The number of hydrogen-bond donors (Lipinski definition) is 0. The van der Waals surface area contributed by atoms with Crippen LogP contribution in [0.15, 0.2) is 24.4 Å². The lowest BCUT2D eigenvalue weighted by molar-refractivity contribution is 0.0361. The molecule has 0 atom stereocenters.